The molecule has 0 radical (unpaired) electrons. The molecule has 2 atom stereocenters. The van der Waals surface area contributed by atoms with Crippen molar-refractivity contribution in [3.63, 3.8) is 0 Å². The minimum absolute atomic E-state index is 0.439. The Labute approximate surface area is 119 Å². The molecule has 19 heavy (non-hydrogen) atoms. The average molecular weight is 267 g/mol. The monoisotopic (exact) mass is 267 g/mol. The highest BCUT2D eigenvalue weighted by Gasteiger charge is 2.35. The van der Waals surface area contributed by atoms with E-state index in [0.29, 0.717) is 10.8 Å². The number of rotatable bonds is 3. The highest BCUT2D eigenvalue weighted by atomic mass is 16.5. The standard InChI is InChI=1S/C17H33NO/c1-16(2,3)14-7-5-6-8-15(14)18-13-17(4)9-11-19-12-10-17/h14-15,18H,5-13H2,1-4H3. The summed E-state index contributed by atoms with van der Waals surface area (Å²) in [5.74, 6) is 0.838. The van der Waals surface area contributed by atoms with Gasteiger partial charge in [-0.05, 0) is 42.4 Å². The molecule has 1 N–H and O–H groups in total. The molecule has 2 heteroatoms. The van der Waals surface area contributed by atoms with Crippen molar-refractivity contribution in [1.82, 2.24) is 5.32 Å². The van der Waals surface area contributed by atoms with Crippen LogP contribution in [0.4, 0.5) is 0 Å². The van der Waals surface area contributed by atoms with Crippen molar-refractivity contribution in [3.8, 4) is 0 Å². The zero-order valence-electron chi connectivity index (χ0n) is 13.4. The van der Waals surface area contributed by atoms with Gasteiger partial charge in [-0.2, -0.15) is 0 Å². The van der Waals surface area contributed by atoms with Gasteiger partial charge in [0.05, 0.1) is 0 Å². The van der Waals surface area contributed by atoms with Crippen LogP contribution in [0.5, 0.6) is 0 Å². The maximum absolute atomic E-state index is 5.50. The summed E-state index contributed by atoms with van der Waals surface area (Å²) in [5.41, 5.74) is 0.896. The SMILES string of the molecule is CC1(CNC2CCCCC2C(C)(C)C)CCOCC1. The van der Waals surface area contributed by atoms with E-state index >= 15 is 0 Å². The Morgan fingerprint density at radius 2 is 1.74 bits per heavy atom. The van der Waals surface area contributed by atoms with Crippen molar-refractivity contribution in [3.05, 3.63) is 0 Å². The van der Waals surface area contributed by atoms with E-state index in [1.165, 1.54) is 45.1 Å². The van der Waals surface area contributed by atoms with Crippen LogP contribution in [0.2, 0.25) is 0 Å². The largest absolute Gasteiger partial charge is 0.381 e. The van der Waals surface area contributed by atoms with Crippen molar-refractivity contribution in [2.75, 3.05) is 19.8 Å². The summed E-state index contributed by atoms with van der Waals surface area (Å²) in [6.07, 6.45) is 8.03. The Hall–Kier alpha value is -0.0800. The van der Waals surface area contributed by atoms with Crippen LogP contribution in [0.25, 0.3) is 0 Å². The summed E-state index contributed by atoms with van der Waals surface area (Å²) in [6, 6.07) is 0.730. The molecule has 2 unspecified atom stereocenters. The van der Waals surface area contributed by atoms with Gasteiger partial charge in [-0.1, -0.05) is 40.5 Å². The first-order chi connectivity index (χ1) is 8.91. The second-order valence-corrected chi connectivity index (χ2v) is 8.17. The van der Waals surface area contributed by atoms with E-state index in [9.17, 15) is 0 Å². The quantitative estimate of drug-likeness (QED) is 0.834. The van der Waals surface area contributed by atoms with E-state index in [0.717, 1.165) is 25.2 Å². The summed E-state index contributed by atoms with van der Waals surface area (Å²) in [7, 11) is 0. The van der Waals surface area contributed by atoms with Crippen LogP contribution in [0, 0.1) is 16.7 Å². The highest BCUT2D eigenvalue weighted by Crippen LogP contribution is 2.38. The van der Waals surface area contributed by atoms with Crippen LogP contribution in [-0.2, 0) is 4.74 Å². The number of nitrogens with one attached hydrogen (secondary N) is 1. The van der Waals surface area contributed by atoms with Gasteiger partial charge >= 0.3 is 0 Å². The van der Waals surface area contributed by atoms with Crippen LogP contribution in [0.1, 0.15) is 66.2 Å². The van der Waals surface area contributed by atoms with Gasteiger partial charge in [0.25, 0.3) is 0 Å². The van der Waals surface area contributed by atoms with Crippen LogP contribution in [0.15, 0.2) is 0 Å². The minimum atomic E-state index is 0.439. The van der Waals surface area contributed by atoms with Gasteiger partial charge in [0.2, 0.25) is 0 Å². The normalized spacial score (nSPS) is 32.2. The molecule has 2 fully saturated rings. The van der Waals surface area contributed by atoms with Gasteiger partial charge in [0.1, 0.15) is 0 Å². The second kappa shape index (κ2) is 6.13. The van der Waals surface area contributed by atoms with Gasteiger partial charge < -0.3 is 10.1 Å². The highest BCUT2D eigenvalue weighted by molar-refractivity contribution is 4.90. The molecule has 1 aliphatic carbocycles. The van der Waals surface area contributed by atoms with E-state index in [1.807, 2.05) is 0 Å². The van der Waals surface area contributed by atoms with Crippen molar-refractivity contribution in [2.45, 2.75) is 72.3 Å². The predicted octanol–water partition coefficient (Wildman–Crippen LogP) is 4.00. The zero-order chi connectivity index (χ0) is 13.9. The van der Waals surface area contributed by atoms with Gasteiger partial charge in [-0.15, -0.1) is 0 Å². The Bertz CT molecular complexity index is 275. The van der Waals surface area contributed by atoms with Gasteiger partial charge in [-0.25, -0.2) is 0 Å². The summed E-state index contributed by atoms with van der Waals surface area (Å²) in [5, 5.41) is 3.93. The molecule has 2 nitrogen and oxygen atoms in total. The van der Waals surface area contributed by atoms with Crippen molar-refractivity contribution >= 4 is 0 Å². The lowest BCUT2D eigenvalue weighted by Gasteiger charge is -2.43. The summed E-state index contributed by atoms with van der Waals surface area (Å²) < 4.78 is 5.50. The molecule has 1 heterocycles. The molecule has 0 aromatic carbocycles. The molecule has 112 valence electrons. The van der Waals surface area contributed by atoms with E-state index in [2.05, 4.69) is 33.0 Å². The maximum atomic E-state index is 5.50. The summed E-state index contributed by atoms with van der Waals surface area (Å²) in [6.45, 7) is 12.7. The smallest absolute Gasteiger partial charge is 0.0471 e. The lowest BCUT2D eigenvalue weighted by Crippen LogP contribution is -2.48. The molecule has 0 amide bonds. The Kier molecular flexibility index (Phi) is 4.94. The van der Waals surface area contributed by atoms with Crippen molar-refractivity contribution in [2.24, 2.45) is 16.7 Å². The fourth-order valence-corrected chi connectivity index (χ4v) is 3.83. The number of hydrogen-bond acceptors (Lipinski definition) is 2. The first-order valence-corrected chi connectivity index (χ1v) is 8.22. The van der Waals surface area contributed by atoms with E-state index in [-0.39, 0.29) is 0 Å². The molecule has 0 spiro atoms. The molecule has 1 saturated carbocycles. The van der Waals surface area contributed by atoms with Crippen LogP contribution >= 0.6 is 0 Å². The Morgan fingerprint density at radius 1 is 1.11 bits per heavy atom. The van der Waals surface area contributed by atoms with E-state index < -0.39 is 0 Å². The summed E-state index contributed by atoms with van der Waals surface area (Å²) >= 11 is 0. The second-order valence-electron chi connectivity index (χ2n) is 8.17. The topological polar surface area (TPSA) is 21.3 Å². The van der Waals surface area contributed by atoms with Crippen molar-refractivity contribution < 1.29 is 4.74 Å². The van der Waals surface area contributed by atoms with Crippen molar-refractivity contribution in [1.29, 1.82) is 0 Å². The fraction of sp³-hybridized carbons (Fsp3) is 1.00. The molecular formula is C17H33NO. The molecule has 0 bridgehead atoms. The van der Waals surface area contributed by atoms with Crippen LogP contribution in [0.3, 0.4) is 0 Å². The van der Waals surface area contributed by atoms with E-state index in [4.69, 9.17) is 4.74 Å². The van der Waals surface area contributed by atoms with E-state index in [1.54, 1.807) is 0 Å². The molecule has 0 aromatic heterocycles. The Balaban J connectivity index is 1.89. The molecule has 2 aliphatic rings. The fourth-order valence-electron chi connectivity index (χ4n) is 3.83. The maximum Gasteiger partial charge on any atom is 0.0471 e. The van der Waals surface area contributed by atoms with Gasteiger partial charge in [-0.3, -0.25) is 0 Å². The molecule has 2 rings (SSSR count). The first-order valence-electron chi connectivity index (χ1n) is 8.22. The molecule has 0 aromatic rings. The molecule has 1 aliphatic heterocycles. The van der Waals surface area contributed by atoms with Gasteiger partial charge in [0.15, 0.2) is 0 Å². The van der Waals surface area contributed by atoms with Gasteiger partial charge in [0, 0.05) is 25.8 Å². The molecule has 1 saturated heterocycles. The third kappa shape index (κ3) is 4.19. The number of hydrogen-bond donors (Lipinski definition) is 1. The number of ether oxygens (including phenoxy) is 1. The summed E-state index contributed by atoms with van der Waals surface area (Å²) in [4.78, 5) is 0. The zero-order valence-corrected chi connectivity index (χ0v) is 13.4. The predicted molar refractivity (Wildman–Crippen MR) is 81.4 cm³/mol. The lowest BCUT2D eigenvalue weighted by atomic mass is 9.69. The average Bonchev–Trinajstić information content (AvgIpc) is 2.37. The molecular weight excluding hydrogens is 234 g/mol. The third-order valence-electron chi connectivity index (χ3n) is 5.37. The van der Waals surface area contributed by atoms with Crippen LogP contribution in [-0.4, -0.2) is 25.8 Å². The first kappa shape index (κ1) is 15.3. The minimum Gasteiger partial charge on any atom is -0.381 e. The lowest BCUT2D eigenvalue weighted by molar-refractivity contribution is 0.0184. The Morgan fingerprint density at radius 3 is 2.37 bits per heavy atom. The third-order valence-corrected chi connectivity index (χ3v) is 5.37. The van der Waals surface area contributed by atoms with Crippen LogP contribution < -0.4 is 5.32 Å².